The number of hydrogen-bond donors (Lipinski definition) is 0. The second-order valence-corrected chi connectivity index (χ2v) is 5.63. The van der Waals surface area contributed by atoms with Crippen LogP contribution in [0, 0.1) is 0 Å². The van der Waals surface area contributed by atoms with Gasteiger partial charge in [-0.05, 0) is 11.6 Å². The molecule has 1 saturated heterocycles. The number of rotatable bonds is 7. The van der Waals surface area contributed by atoms with Gasteiger partial charge in [0.05, 0.1) is 33.5 Å². The van der Waals surface area contributed by atoms with E-state index >= 15 is 0 Å². The van der Waals surface area contributed by atoms with Crippen molar-refractivity contribution in [1.29, 1.82) is 0 Å². The monoisotopic (exact) mass is 329 g/mol. The highest BCUT2D eigenvalue weighted by Crippen LogP contribution is 2.39. The van der Waals surface area contributed by atoms with Crippen molar-refractivity contribution in [2.24, 2.45) is 0 Å². The van der Waals surface area contributed by atoms with Crippen LogP contribution in [0.25, 0.3) is 0 Å². The molecule has 0 spiro atoms. The van der Waals surface area contributed by atoms with Crippen LogP contribution in [-0.4, -0.2) is 25.3 Å². The molecule has 0 amide bonds. The first-order valence-electron chi connectivity index (χ1n) is 8.21. The Morgan fingerprint density at radius 3 is 2.50 bits per heavy atom. The maximum atomic E-state index is 5.92. The molecule has 0 N–H and O–H groups in total. The fourth-order valence-electron chi connectivity index (χ4n) is 3.00. The smallest absolute Gasteiger partial charge is 0.219 e. The Bertz CT molecular complexity index is 654. The number of aromatic nitrogens is 1. The van der Waals surface area contributed by atoms with Crippen molar-refractivity contribution in [2.75, 3.05) is 20.3 Å². The molecule has 2 heterocycles. The number of benzene rings is 1. The lowest BCUT2D eigenvalue weighted by molar-refractivity contribution is -0.168. The molecule has 0 atom stereocenters. The van der Waals surface area contributed by atoms with Crippen LogP contribution in [-0.2, 0) is 33.2 Å². The third-order valence-electron chi connectivity index (χ3n) is 4.20. The van der Waals surface area contributed by atoms with Gasteiger partial charge in [-0.25, -0.2) is 4.98 Å². The van der Waals surface area contributed by atoms with E-state index in [4.69, 9.17) is 18.9 Å². The van der Waals surface area contributed by atoms with Gasteiger partial charge in [0.15, 0.2) is 5.79 Å². The molecule has 128 valence electrons. The third-order valence-corrected chi connectivity index (χ3v) is 4.20. The van der Waals surface area contributed by atoms with Gasteiger partial charge in [0.25, 0.3) is 0 Å². The summed E-state index contributed by atoms with van der Waals surface area (Å²) in [6.45, 7) is 4.13. The highest BCUT2D eigenvalue weighted by atomic mass is 16.7. The van der Waals surface area contributed by atoms with E-state index in [-0.39, 0.29) is 0 Å². The van der Waals surface area contributed by atoms with Crippen LogP contribution in [0.3, 0.4) is 0 Å². The number of pyridine rings is 1. The van der Waals surface area contributed by atoms with Crippen LogP contribution >= 0.6 is 0 Å². The number of nitrogens with zero attached hydrogens (tertiary/aromatic N) is 1. The Balaban J connectivity index is 1.82. The lowest BCUT2D eigenvalue weighted by Gasteiger charge is -2.29. The van der Waals surface area contributed by atoms with E-state index < -0.39 is 5.79 Å². The quantitative estimate of drug-likeness (QED) is 0.779. The van der Waals surface area contributed by atoms with Crippen LogP contribution in [0.4, 0.5) is 0 Å². The van der Waals surface area contributed by atoms with Crippen molar-refractivity contribution in [3.63, 3.8) is 0 Å². The predicted molar refractivity (Wildman–Crippen MR) is 89.6 cm³/mol. The van der Waals surface area contributed by atoms with Crippen LogP contribution in [0.5, 0.6) is 5.88 Å². The molecule has 1 aliphatic rings. The van der Waals surface area contributed by atoms with Gasteiger partial charge in [-0.2, -0.15) is 0 Å². The predicted octanol–water partition coefficient (Wildman–Crippen LogP) is 3.42. The standard InChI is InChI=1S/C19H23NO4/c1-3-19(23-11-12-24-19)17-9-10-20-18(21-2)16(17)14-22-13-15-7-5-4-6-8-15/h4-10H,3,11-14H2,1-2H3. The summed E-state index contributed by atoms with van der Waals surface area (Å²) in [4.78, 5) is 4.31. The fourth-order valence-corrected chi connectivity index (χ4v) is 3.00. The average Bonchev–Trinajstić information content (AvgIpc) is 3.13. The molecule has 0 radical (unpaired) electrons. The zero-order valence-electron chi connectivity index (χ0n) is 14.2. The molecule has 1 aliphatic heterocycles. The molecule has 0 bridgehead atoms. The van der Waals surface area contributed by atoms with Gasteiger partial charge in [0.2, 0.25) is 5.88 Å². The molecular weight excluding hydrogens is 306 g/mol. The fraction of sp³-hybridized carbons (Fsp3) is 0.421. The topological polar surface area (TPSA) is 49.8 Å². The van der Waals surface area contributed by atoms with Crippen LogP contribution in [0.1, 0.15) is 30.0 Å². The summed E-state index contributed by atoms with van der Waals surface area (Å²) < 4.78 is 23.2. The molecule has 1 aromatic heterocycles. The van der Waals surface area contributed by atoms with Gasteiger partial charge in [-0.1, -0.05) is 37.3 Å². The zero-order chi connectivity index (χ0) is 16.8. The maximum Gasteiger partial charge on any atom is 0.219 e. The molecule has 0 aliphatic carbocycles. The summed E-state index contributed by atoms with van der Waals surface area (Å²) in [5, 5.41) is 0. The lowest BCUT2D eigenvalue weighted by atomic mass is 9.99. The molecule has 2 aromatic rings. The third kappa shape index (κ3) is 3.43. The molecule has 1 aromatic carbocycles. The summed E-state index contributed by atoms with van der Waals surface area (Å²) in [5.41, 5.74) is 2.93. The van der Waals surface area contributed by atoms with E-state index in [1.165, 1.54) is 0 Å². The van der Waals surface area contributed by atoms with Crippen LogP contribution < -0.4 is 4.74 Å². The Morgan fingerprint density at radius 2 is 1.83 bits per heavy atom. The summed E-state index contributed by atoms with van der Waals surface area (Å²) in [6.07, 6.45) is 2.43. The van der Waals surface area contributed by atoms with E-state index in [9.17, 15) is 0 Å². The Hall–Kier alpha value is -1.95. The largest absolute Gasteiger partial charge is 0.481 e. The summed E-state index contributed by atoms with van der Waals surface area (Å²) >= 11 is 0. The van der Waals surface area contributed by atoms with E-state index in [1.807, 2.05) is 43.3 Å². The second-order valence-electron chi connectivity index (χ2n) is 5.63. The zero-order valence-corrected chi connectivity index (χ0v) is 14.2. The number of hydrogen-bond acceptors (Lipinski definition) is 5. The van der Waals surface area contributed by atoms with Crippen LogP contribution in [0.2, 0.25) is 0 Å². The van der Waals surface area contributed by atoms with Gasteiger partial charge in [-0.15, -0.1) is 0 Å². The molecule has 3 rings (SSSR count). The van der Waals surface area contributed by atoms with Gasteiger partial charge in [-0.3, -0.25) is 0 Å². The molecule has 5 heteroatoms. The highest BCUT2D eigenvalue weighted by Gasteiger charge is 2.39. The van der Waals surface area contributed by atoms with E-state index in [2.05, 4.69) is 4.98 Å². The number of ether oxygens (including phenoxy) is 4. The summed E-state index contributed by atoms with van der Waals surface area (Å²) in [6, 6.07) is 12.0. The normalized spacial score (nSPS) is 16.2. The van der Waals surface area contributed by atoms with Crippen molar-refractivity contribution < 1.29 is 18.9 Å². The first-order chi connectivity index (χ1) is 11.8. The minimum absolute atomic E-state index is 0.385. The molecule has 24 heavy (non-hydrogen) atoms. The first kappa shape index (κ1) is 16.9. The second kappa shape index (κ2) is 7.75. The van der Waals surface area contributed by atoms with Crippen molar-refractivity contribution in [1.82, 2.24) is 4.98 Å². The molecule has 5 nitrogen and oxygen atoms in total. The van der Waals surface area contributed by atoms with Crippen molar-refractivity contribution in [3.8, 4) is 5.88 Å². The SMILES string of the molecule is CCC1(c2ccnc(OC)c2COCc2ccccc2)OCCO1. The summed E-state index contributed by atoms with van der Waals surface area (Å²) in [5.74, 6) is -0.186. The maximum absolute atomic E-state index is 5.92. The Labute approximate surface area is 142 Å². The van der Waals surface area contributed by atoms with E-state index in [1.54, 1.807) is 13.3 Å². The number of methoxy groups -OCH3 is 1. The van der Waals surface area contributed by atoms with Crippen molar-refractivity contribution in [2.45, 2.75) is 32.3 Å². The van der Waals surface area contributed by atoms with Crippen molar-refractivity contribution in [3.05, 3.63) is 59.3 Å². The molecule has 0 saturated carbocycles. The van der Waals surface area contributed by atoms with Crippen LogP contribution in [0.15, 0.2) is 42.6 Å². The van der Waals surface area contributed by atoms with Crippen molar-refractivity contribution >= 4 is 0 Å². The van der Waals surface area contributed by atoms with Gasteiger partial charge >= 0.3 is 0 Å². The molecular formula is C19H23NO4. The minimum atomic E-state index is -0.734. The van der Waals surface area contributed by atoms with Gasteiger partial charge < -0.3 is 18.9 Å². The van der Waals surface area contributed by atoms with Gasteiger partial charge in [0.1, 0.15) is 0 Å². The Morgan fingerprint density at radius 1 is 1.08 bits per heavy atom. The highest BCUT2D eigenvalue weighted by molar-refractivity contribution is 5.37. The Kier molecular flexibility index (Phi) is 5.45. The van der Waals surface area contributed by atoms with E-state index in [0.717, 1.165) is 16.7 Å². The average molecular weight is 329 g/mol. The first-order valence-corrected chi connectivity index (χ1v) is 8.21. The lowest BCUT2D eigenvalue weighted by Crippen LogP contribution is -2.28. The molecule has 1 fully saturated rings. The minimum Gasteiger partial charge on any atom is -0.481 e. The van der Waals surface area contributed by atoms with Gasteiger partial charge in [0, 0.05) is 23.7 Å². The summed E-state index contributed by atoms with van der Waals surface area (Å²) in [7, 11) is 1.61. The molecule has 0 unspecified atom stereocenters. The van der Waals surface area contributed by atoms with E-state index in [0.29, 0.717) is 38.7 Å².